The third-order valence-corrected chi connectivity index (χ3v) is 3.02. The standard InChI is InChI=1S/C17H25NO/c1-4-11-18(15(2)3)14-17-10-7-9-16(13-17)8-5-6-12-19/h7,9-10,13,15,19H,4,6,11-12,14H2,1-3H3. The highest BCUT2D eigenvalue weighted by molar-refractivity contribution is 5.37. The molecule has 0 saturated carbocycles. The topological polar surface area (TPSA) is 23.5 Å². The largest absolute Gasteiger partial charge is 0.395 e. The van der Waals surface area contributed by atoms with Gasteiger partial charge in [-0.25, -0.2) is 0 Å². The quantitative estimate of drug-likeness (QED) is 0.794. The minimum atomic E-state index is 0.129. The van der Waals surface area contributed by atoms with Crippen LogP contribution in [-0.4, -0.2) is 29.2 Å². The molecule has 0 spiro atoms. The summed E-state index contributed by atoms with van der Waals surface area (Å²) in [7, 11) is 0. The summed E-state index contributed by atoms with van der Waals surface area (Å²) in [5, 5.41) is 8.73. The van der Waals surface area contributed by atoms with Crippen LogP contribution in [0.2, 0.25) is 0 Å². The molecule has 0 aliphatic carbocycles. The normalized spacial score (nSPS) is 10.6. The maximum atomic E-state index is 8.73. The molecule has 0 saturated heterocycles. The lowest BCUT2D eigenvalue weighted by Gasteiger charge is -2.26. The fourth-order valence-electron chi connectivity index (χ4n) is 2.01. The highest BCUT2D eigenvalue weighted by Crippen LogP contribution is 2.11. The van der Waals surface area contributed by atoms with Crippen molar-refractivity contribution in [1.82, 2.24) is 4.90 Å². The minimum absolute atomic E-state index is 0.129. The van der Waals surface area contributed by atoms with Crippen LogP contribution >= 0.6 is 0 Å². The lowest BCUT2D eigenvalue weighted by atomic mass is 10.1. The summed E-state index contributed by atoms with van der Waals surface area (Å²) in [5.74, 6) is 6.06. The number of nitrogens with zero attached hydrogens (tertiary/aromatic N) is 1. The van der Waals surface area contributed by atoms with Crippen molar-refractivity contribution >= 4 is 0 Å². The van der Waals surface area contributed by atoms with E-state index in [1.807, 2.05) is 6.07 Å². The first kappa shape index (κ1) is 15.8. The average Bonchev–Trinajstić information content (AvgIpc) is 2.39. The molecule has 1 aromatic carbocycles. The van der Waals surface area contributed by atoms with Gasteiger partial charge in [0.2, 0.25) is 0 Å². The molecule has 0 aromatic heterocycles. The van der Waals surface area contributed by atoms with Crippen molar-refractivity contribution in [2.45, 2.75) is 46.2 Å². The fraction of sp³-hybridized carbons (Fsp3) is 0.529. The third kappa shape index (κ3) is 5.92. The molecule has 2 nitrogen and oxygen atoms in total. The van der Waals surface area contributed by atoms with E-state index in [1.54, 1.807) is 0 Å². The predicted molar refractivity (Wildman–Crippen MR) is 80.9 cm³/mol. The van der Waals surface area contributed by atoms with Crippen LogP contribution in [0, 0.1) is 11.8 Å². The molecule has 0 heterocycles. The van der Waals surface area contributed by atoms with E-state index in [0.717, 1.165) is 18.7 Å². The summed E-state index contributed by atoms with van der Waals surface area (Å²) < 4.78 is 0. The van der Waals surface area contributed by atoms with Crippen LogP contribution in [0.25, 0.3) is 0 Å². The maximum Gasteiger partial charge on any atom is 0.0540 e. The first-order chi connectivity index (χ1) is 9.17. The number of rotatable bonds is 6. The van der Waals surface area contributed by atoms with Crippen molar-refractivity contribution in [2.75, 3.05) is 13.2 Å². The molecule has 1 rings (SSSR count). The zero-order valence-corrected chi connectivity index (χ0v) is 12.3. The van der Waals surface area contributed by atoms with Crippen molar-refractivity contribution < 1.29 is 5.11 Å². The van der Waals surface area contributed by atoms with Crippen LogP contribution < -0.4 is 0 Å². The van der Waals surface area contributed by atoms with E-state index in [0.29, 0.717) is 12.5 Å². The van der Waals surface area contributed by atoms with Crippen molar-refractivity contribution in [3.63, 3.8) is 0 Å². The number of aliphatic hydroxyl groups excluding tert-OH is 1. The second kappa shape index (κ2) is 8.74. The molecule has 1 aromatic rings. The first-order valence-corrected chi connectivity index (χ1v) is 7.10. The average molecular weight is 259 g/mol. The fourth-order valence-corrected chi connectivity index (χ4v) is 2.01. The zero-order valence-electron chi connectivity index (χ0n) is 12.3. The van der Waals surface area contributed by atoms with E-state index < -0.39 is 0 Å². The van der Waals surface area contributed by atoms with E-state index in [4.69, 9.17) is 5.11 Å². The second-order valence-corrected chi connectivity index (χ2v) is 5.04. The smallest absolute Gasteiger partial charge is 0.0540 e. The zero-order chi connectivity index (χ0) is 14.1. The summed E-state index contributed by atoms with van der Waals surface area (Å²) in [5.41, 5.74) is 2.34. The van der Waals surface area contributed by atoms with Crippen molar-refractivity contribution in [2.24, 2.45) is 0 Å². The number of hydrogen-bond donors (Lipinski definition) is 1. The summed E-state index contributed by atoms with van der Waals surface area (Å²) in [6.07, 6.45) is 1.71. The molecule has 0 aliphatic heterocycles. The highest BCUT2D eigenvalue weighted by Gasteiger charge is 2.08. The van der Waals surface area contributed by atoms with Crippen LogP contribution in [0.3, 0.4) is 0 Å². The Morgan fingerprint density at radius 1 is 1.32 bits per heavy atom. The van der Waals surface area contributed by atoms with E-state index in [-0.39, 0.29) is 6.61 Å². The predicted octanol–water partition coefficient (Wildman–Crippen LogP) is 3.04. The lowest BCUT2D eigenvalue weighted by molar-refractivity contribution is 0.213. The number of hydrogen-bond acceptors (Lipinski definition) is 2. The van der Waals surface area contributed by atoms with Gasteiger partial charge in [-0.3, -0.25) is 4.90 Å². The summed E-state index contributed by atoms with van der Waals surface area (Å²) in [4.78, 5) is 2.47. The Bertz CT molecular complexity index is 428. The molecule has 2 heteroatoms. The Morgan fingerprint density at radius 3 is 2.74 bits per heavy atom. The third-order valence-electron chi connectivity index (χ3n) is 3.02. The molecule has 1 N–H and O–H groups in total. The molecular weight excluding hydrogens is 234 g/mol. The monoisotopic (exact) mass is 259 g/mol. The molecule has 0 aliphatic rings. The van der Waals surface area contributed by atoms with Crippen LogP contribution in [0.1, 0.15) is 44.7 Å². The molecule has 0 fully saturated rings. The lowest BCUT2D eigenvalue weighted by Crippen LogP contribution is -2.31. The Hall–Kier alpha value is -1.30. The highest BCUT2D eigenvalue weighted by atomic mass is 16.2. The van der Waals surface area contributed by atoms with Gasteiger partial charge in [0.15, 0.2) is 0 Å². The molecule has 0 radical (unpaired) electrons. The van der Waals surface area contributed by atoms with Crippen LogP contribution in [0.5, 0.6) is 0 Å². The Balaban J connectivity index is 2.73. The van der Waals surface area contributed by atoms with Crippen LogP contribution in [-0.2, 0) is 6.54 Å². The number of benzene rings is 1. The summed E-state index contributed by atoms with van der Waals surface area (Å²) >= 11 is 0. The van der Waals surface area contributed by atoms with Gasteiger partial charge in [-0.2, -0.15) is 0 Å². The minimum Gasteiger partial charge on any atom is -0.395 e. The second-order valence-electron chi connectivity index (χ2n) is 5.04. The van der Waals surface area contributed by atoms with Gasteiger partial charge in [-0.1, -0.05) is 30.9 Å². The van der Waals surface area contributed by atoms with Gasteiger partial charge in [0.25, 0.3) is 0 Å². The van der Waals surface area contributed by atoms with Gasteiger partial charge in [0.05, 0.1) is 6.61 Å². The van der Waals surface area contributed by atoms with E-state index in [2.05, 4.69) is 55.7 Å². The Labute approximate surface area is 117 Å². The molecule has 19 heavy (non-hydrogen) atoms. The van der Waals surface area contributed by atoms with Crippen molar-refractivity contribution in [1.29, 1.82) is 0 Å². The van der Waals surface area contributed by atoms with Crippen LogP contribution in [0.15, 0.2) is 24.3 Å². The van der Waals surface area contributed by atoms with Gasteiger partial charge in [0.1, 0.15) is 0 Å². The van der Waals surface area contributed by atoms with E-state index >= 15 is 0 Å². The SMILES string of the molecule is CCCN(Cc1cccc(C#CCCO)c1)C(C)C. The maximum absolute atomic E-state index is 8.73. The molecule has 0 amide bonds. The van der Waals surface area contributed by atoms with E-state index in [9.17, 15) is 0 Å². The first-order valence-electron chi connectivity index (χ1n) is 7.10. The number of aliphatic hydroxyl groups is 1. The van der Waals surface area contributed by atoms with Crippen LogP contribution in [0.4, 0.5) is 0 Å². The van der Waals surface area contributed by atoms with Gasteiger partial charge in [0, 0.05) is 24.6 Å². The Kier molecular flexibility index (Phi) is 7.25. The van der Waals surface area contributed by atoms with Gasteiger partial charge < -0.3 is 5.11 Å². The molecule has 104 valence electrons. The molecule has 0 atom stereocenters. The van der Waals surface area contributed by atoms with Gasteiger partial charge >= 0.3 is 0 Å². The van der Waals surface area contributed by atoms with E-state index in [1.165, 1.54) is 12.0 Å². The van der Waals surface area contributed by atoms with Gasteiger partial charge in [-0.15, -0.1) is 0 Å². The molecular formula is C17H25NO. The summed E-state index contributed by atoms with van der Waals surface area (Å²) in [6, 6.07) is 8.94. The summed E-state index contributed by atoms with van der Waals surface area (Å²) in [6.45, 7) is 8.91. The molecule has 0 unspecified atom stereocenters. The Morgan fingerprint density at radius 2 is 2.11 bits per heavy atom. The molecule has 0 bridgehead atoms. The van der Waals surface area contributed by atoms with Crippen molar-refractivity contribution in [3.8, 4) is 11.8 Å². The van der Waals surface area contributed by atoms with Crippen molar-refractivity contribution in [3.05, 3.63) is 35.4 Å². The van der Waals surface area contributed by atoms with Gasteiger partial charge in [-0.05, 0) is 44.5 Å².